The van der Waals surface area contributed by atoms with E-state index in [2.05, 4.69) is 9.71 Å². The summed E-state index contributed by atoms with van der Waals surface area (Å²) in [5.41, 5.74) is 9.46. The topological polar surface area (TPSA) is 105 Å². The molecular formula is C27H23ClFIN4O3S. The zero-order chi connectivity index (χ0) is 26.9. The third kappa shape index (κ3) is 5.73. The van der Waals surface area contributed by atoms with Crippen molar-refractivity contribution < 1.29 is 17.6 Å². The number of aliphatic imine (C=N–C) groups is 1. The van der Waals surface area contributed by atoms with Crippen LogP contribution in [-0.2, 0) is 16.4 Å². The number of amidine groups is 1. The highest BCUT2D eigenvalue weighted by Gasteiger charge is 2.30. The van der Waals surface area contributed by atoms with Crippen molar-refractivity contribution in [3.8, 4) is 0 Å². The lowest BCUT2D eigenvalue weighted by Gasteiger charge is -2.25. The molecule has 1 aliphatic carbocycles. The maximum atomic E-state index is 13.7. The average molecular weight is 665 g/mol. The summed E-state index contributed by atoms with van der Waals surface area (Å²) in [5.74, 6) is -0.795. The molecule has 3 aromatic carbocycles. The second-order valence-electron chi connectivity index (χ2n) is 8.79. The van der Waals surface area contributed by atoms with Gasteiger partial charge in [-0.3, -0.25) is 4.79 Å². The summed E-state index contributed by atoms with van der Waals surface area (Å²) in [7, 11) is -3.88. The predicted molar refractivity (Wildman–Crippen MR) is 157 cm³/mol. The highest BCUT2D eigenvalue weighted by atomic mass is 127. The Balaban J connectivity index is 1.49. The van der Waals surface area contributed by atoms with Gasteiger partial charge in [-0.25, -0.2) is 22.5 Å². The van der Waals surface area contributed by atoms with E-state index in [4.69, 9.17) is 17.3 Å². The van der Waals surface area contributed by atoms with Crippen molar-refractivity contribution >= 4 is 61.8 Å². The third-order valence-corrected chi connectivity index (χ3v) is 10.1. The molecule has 3 N–H and O–H groups in total. The first-order valence-corrected chi connectivity index (χ1v) is 15.9. The van der Waals surface area contributed by atoms with Gasteiger partial charge in [0.05, 0.1) is 22.0 Å². The molecule has 5 rings (SSSR count). The van der Waals surface area contributed by atoms with E-state index in [1.807, 2.05) is 22.2 Å². The van der Waals surface area contributed by atoms with Crippen LogP contribution < -0.4 is 15.4 Å². The smallest absolute Gasteiger partial charge is 0.260 e. The second-order valence-corrected chi connectivity index (χ2v) is 13.3. The number of sulfonamides is 1. The minimum Gasteiger partial charge on any atom is -0.379 e. The SMILES string of the molecule is NC1=NC=C(CN(C(=O)c2ccccc2Cl)c2ccc3c(c2)C(NS(=O)(=O)c2ccc(F)cc2)CC3)C=I1. The molecule has 1 heterocycles. The lowest BCUT2D eigenvalue weighted by atomic mass is 10.1. The molecule has 7 nitrogen and oxygen atoms in total. The maximum Gasteiger partial charge on any atom is 0.260 e. The number of hydrogen-bond donors (Lipinski definition) is 2. The van der Waals surface area contributed by atoms with Crippen molar-refractivity contribution in [2.75, 3.05) is 11.4 Å². The standard InChI is InChI=1S/C27H23ClFIN4O3S/c28-24-4-2-1-3-22(24)26(35)34(16-17-14-30-27(31)32-15-17)20-9-5-18-6-12-25(23(18)13-20)33-38(36,37)21-10-7-19(29)8-11-21/h1-5,7-11,13-15,25,33H,6,12,16H2,(H2,31,32). The molecular weight excluding hydrogens is 642 g/mol. The van der Waals surface area contributed by atoms with Gasteiger partial charge in [0.1, 0.15) is 5.82 Å². The number of aryl methyl sites for hydroxylation is 1. The second kappa shape index (κ2) is 11.0. The summed E-state index contributed by atoms with van der Waals surface area (Å²) in [6.45, 7) is 0.255. The van der Waals surface area contributed by atoms with Crippen LogP contribution in [0, 0.1) is 5.82 Å². The molecule has 0 saturated heterocycles. The van der Waals surface area contributed by atoms with Crippen LogP contribution in [0.4, 0.5) is 10.1 Å². The zero-order valence-corrected chi connectivity index (χ0v) is 23.7. The van der Waals surface area contributed by atoms with Gasteiger partial charge >= 0.3 is 0 Å². The quantitative estimate of drug-likeness (QED) is 0.272. The van der Waals surface area contributed by atoms with Crippen LogP contribution in [0.3, 0.4) is 0 Å². The molecule has 0 spiro atoms. The summed E-state index contributed by atoms with van der Waals surface area (Å²) >= 11 is 5.81. The van der Waals surface area contributed by atoms with Crippen molar-refractivity contribution in [3.63, 3.8) is 0 Å². The first-order chi connectivity index (χ1) is 18.2. The molecule has 3 aromatic rings. The van der Waals surface area contributed by atoms with Crippen LogP contribution in [0.25, 0.3) is 0 Å². The molecule has 11 heteroatoms. The van der Waals surface area contributed by atoms with E-state index in [0.29, 0.717) is 33.0 Å². The maximum absolute atomic E-state index is 13.7. The van der Waals surface area contributed by atoms with Gasteiger partial charge in [0, 0.05) is 17.9 Å². The molecule has 1 amide bonds. The van der Waals surface area contributed by atoms with Crippen LogP contribution in [0.5, 0.6) is 0 Å². The number of rotatable bonds is 7. The van der Waals surface area contributed by atoms with Gasteiger partial charge in [-0.05, 0) is 103 Å². The Bertz CT molecular complexity index is 1610. The highest BCUT2D eigenvalue weighted by Crippen LogP contribution is 2.36. The largest absolute Gasteiger partial charge is 0.379 e. The molecule has 2 aliphatic rings. The average Bonchev–Trinajstić information content (AvgIpc) is 3.29. The summed E-state index contributed by atoms with van der Waals surface area (Å²) in [6, 6.07) is 16.7. The lowest BCUT2D eigenvalue weighted by Crippen LogP contribution is -2.34. The van der Waals surface area contributed by atoms with Gasteiger partial charge < -0.3 is 10.6 Å². The van der Waals surface area contributed by atoms with Gasteiger partial charge in [0.2, 0.25) is 10.0 Å². The van der Waals surface area contributed by atoms with Gasteiger partial charge in [0.15, 0.2) is 3.84 Å². The number of fused-ring (bicyclic) bond motifs is 1. The Labute approximate surface area is 235 Å². The number of nitrogens with two attached hydrogens (primary N) is 1. The zero-order valence-electron chi connectivity index (χ0n) is 19.9. The number of halogens is 3. The number of carbonyl (C=O) groups is 1. The summed E-state index contributed by atoms with van der Waals surface area (Å²) < 4.78 is 44.7. The van der Waals surface area contributed by atoms with E-state index >= 15 is 0 Å². The molecule has 0 radical (unpaired) electrons. The fourth-order valence-electron chi connectivity index (χ4n) is 4.39. The van der Waals surface area contributed by atoms with Crippen molar-refractivity contribution in [2.24, 2.45) is 10.7 Å². The third-order valence-electron chi connectivity index (χ3n) is 6.29. The molecule has 1 unspecified atom stereocenters. The minimum atomic E-state index is -3.88. The van der Waals surface area contributed by atoms with E-state index < -0.39 is 42.6 Å². The van der Waals surface area contributed by atoms with Crippen molar-refractivity contribution in [2.45, 2.75) is 23.8 Å². The Morgan fingerprint density at radius 2 is 1.92 bits per heavy atom. The van der Waals surface area contributed by atoms with Crippen LogP contribution in [-0.4, -0.2) is 28.7 Å². The monoisotopic (exact) mass is 664 g/mol. The molecule has 38 heavy (non-hydrogen) atoms. The Hall–Kier alpha value is -2.93. The molecule has 0 aromatic heterocycles. The van der Waals surface area contributed by atoms with Gasteiger partial charge in [-0.2, -0.15) is 0 Å². The minimum absolute atomic E-state index is 0.0121. The number of carbonyl (C=O) groups excluding carboxylic acids is 1. The van der Waals surface area contributed by atoms with Crippen LogP contribution >= 0.6 is 32.3 Å². The van der Waals surface area contributed by atoms with Gasteiger partial charge in [0.25, 0.3) is 5.91 Å². The fourth-order valence-corrected chi connectivity index (χ4v) is 7.24. The molecule has 0 bridgehead atoms. The van der Waals surface area contributed by atoms with Crippen LogP contribution in [0.2, 0.25) is 5.02 Å². The van der Waals surface area contributed by atoms with E-state index in [9.17, 15) is 17.6 Å². The number of nitrogens with one attached hydrogen (secondary N) is 1. The Morgan fingerprint density at radius 1 is 1.16 bits per heavy atom. The van der Waals surface area contributed by atoms with Gasteiger partial charge in [-0.15, -0.1) is 0 Å². The Kier molecular flexibility index (Phi) is 7.75. The van der Waals surface area contributed by atoms with E-state index in [1.165, 1.54) is 12.1 Å². The van der Waals surface area contributed by atoms with E-state index in [0.717, 1.165) is 28.8 Å². The normalized spacial score (nSPS) is 16.7. The van der Waals surface area contributed by atoms with Gasteiger partial charge in [-0.1, -0.05) is 29.8 Å². The van der Waals surface area contributed by atoms with Crippen molar-refractivity contribution in [1.82, 2.24) is 4.72 Å². The number of anilines is 1. The summed E-state index contributed by atoms with van der Waals surface area (Å²) in [5, 5.41) is 0.338. The lowest BCUT2D eigenvalue weighted by molar-refractivity contribution is 0.0989. The summed E-state index contributed by atoms with van der Waals surface area (Å²) in [6.07, 6.45) is 2.91. The molecule has 0 saturated carbocycles. The molecule has 0 fully saturated rings. The molecule has 1 atom stereocenters. The Morgan fingerprint density at radius 3 is 2.63 bits per heavy atom. The van der Waals surface area contributed by atoms with E-state index in [-0.39, 0.29) is 17.3 Å². The number of benzene rings is 3. The van der Waals surface area contributed by atoms with Crippen LogP contribution in [0.15, 0.2) is 88.4 Å². The fraction of sp³-hybridized carbons (Fsp3) is 0.148. The van der Waals surface area contributed by atoms with Crippen LogP contribution in [0.1, 0.15) is 33.9 Å². The summed E-state index contributed by atoms with van der Waals surface area (Å²) in [4.78, 5) is 19.6. The first kappa shape index (κ1) is 26.7. The number of nitrogens with zero attached hydrogens (tertiary/aromatic N) is 2. The van der Waals surface area contributed by atoms with Crippen molar-refractivity contribution in [3.05, 3.63) is 106 Å². The molecule has 1 aliphatic heterocycles. The van der Waals surface area contributed by atoms with E-state index in [1.54, 1.807) is 35.4 Å². The first-order valence-electron chi connectivity index (χ1n) is 11.7. The molecule has 196 valence electrons. The number of hydrogen-bond acceptors (Lipinski definition) is 5. The van der Waals surface area contributed by atoms with Crippen molar-refractivity contribution in [1.29, 1.82) is 0 Å². The number of amides is 1. The predicted octanol–water partition coefficient (Wildman–Crippen LogP) is 5.08. The highest BCUT2D eigenvalue weighted by molar-refractivity contribution is 14.2.